The van der Waals surface area contributed by atoms with Gasteiger partial charge in [-0.25, -0.2) is 4.98 Å². The Bertz CT molecular complexity index is 1040. The van der Waals surface area contributed by atoms with Crippen molar-refractivity contribution < 1.29 is 34.1 Å². The minimum atomic E-state index is -0.0798. The Balaban J connectivity index is 0.000000325. The van der Waals surface area contributed by atoms with Crippen LogP contribution in [0.1, 0.15) is 5.56 Å². The molecule has 1 atom stereocenters. The molecule has 1 unspecified atom stereocenters. The third-order valence-electron chi connectivity index (χ3n) is 6.09. The molecule has 0 N–H and O–H groups in total. The number of amidine groups is 1. The third kappa shape index (κ3) is 9.97. The van der Waals surface area contributed by atoms with E-state index in [9.17, 15) is 0 Å². The predicted octanol–water partition coefficient (Wildman–Crippen LogP) is 7.10. The maximum atomic E-state index is 6.33. The monoisotopic (exact) mass is 637 g/mol. The number of hydrogen-bond donors (Lipinski definition) is 0. The standard InChI is InChI=1S/C25H18ClN3.2C5H5.2Fe/c26-21-13-7-12-20(16-21)25-28-22(18-8-1-2-9-18)17-23(19-10-3-4-11-19)29(25)24-14-5-6-15-27-24;2*1-2-4-5-3-1;;/h1-17,22H;2*1-5H;;/q;;;2*+2. The van der Waals surface area contributed by atoms with Gasteiger partial charge in [-0.1, -0.05) is 29.8 Å². The first-order valence-electron chi connectivity index (χ1n) is 12.8. The Morgan fingerprint density at radius 3 is 1.76 bits per heavy atom. The molecular weight excluding hydrogens is 610 g/mol. The van der Waals surface area contributed by atoms with Crippen LogP contribution < -0.4 is 4.90 Å². The minimum Gasteiger partial charge on any atom is -0.282 e. The van der Waals surface area contributed by atoms with Crippen molar-refractivity contribution in [3.8, 4) is 0 Å². The summed E-state index contributed by atoms with van der Waals surface area (Å²) in [4.78, 5) is 11.9. The molecule has 2 aromatic rings. The number of benzene rings is 1. The fourth-order valence-corrected chi connectivity index (χ4v) is 4.47. The molecule has 1 aliphatic heterocycles. The van der Waals surface area contributed by atoms with E-state index in [4.69, 9.17) is 16.6 Å². The molecule has 5 aliphatic rings. The van der Waals surface area contributed by atoms with Gasteiger partial charge >= 0.3 is 34.1 Å². The van der Waals surface area contributed by atoms with E-state index in [2.05, 4.69) is 54.5 Å². The molecule has 4 aliphatic carbocycles. The van der Waals surface area contributed by atoms with Crippen LogP contribution in [0.4, 0.5) is 5.82 Å². The van der Waals surface area contributed by atoms with Crippen molar-refractivity contribution in [3.63, 3.8) is 0 Å². The van der Waals surface area contributed by atoms with Gasteiger partial charge in [0.1, 0.15) is 11.7 Å². The zero-order valence-electron chi connectivity index (χ0n) is 22.1. The molecule has 2 heterocycles. The Morgan fingerprint density at radius 1 is 0.634 bits per heavy atom. The van der Waals surface area contributed by atoms with Crippen molar-refractivity contribution in [3.05, 3.63) is 198 Å². The normalized spacial score (nSPS) is 22.4. The van der Waals surface area contributed by atoms with E-state index in [1.54, 1.807) is 6.20 Å². The summed E-state index contributed by atoms with van der Waals surface area (Å²) in [5.41, 5.74) is 2.02. The van der Waals surface area contributed by atoms with Crippen molar-refractivity contribution in [2.75, 3.05) is 4.90 Å². The van der Waals surface area contributed by atoms with Gasteiger partial charge in [0, 0.05) is 34.3 Å². The van der Waals surface area contributed by atoms with Gasteiger partial charge in [0.15, 0.2) is 0 Å². The van der Waals surface area contributed by atoms with Crippen molar-refractivity contribution in [2.24, 2.45) is 4.99 Å². The molecule has 1 aromatic heterocycles. The maximum Gasteiger partial charge on any atom is 2.00 e. The second-order valence-corrected chi connectivity index (χ2v) is 9.24. The first-order chi connectivity index (χ1) is 19.3. The predicted molar refractivity (Wildman–Crippen MR) is 160 cm³/mol. The number of halogens is 1. The molecule has 3 nitrogen and oxygen atoms in total. The number of anilines is 1. The van der Waals surface area contributed by atoms with E-state index < -0.39 is 0 Å². The average molecular weight is 638 g/mol. The maximum absolute atomic E-state index is 6.33. The zero-order valence-corrected chi connectivity index (χ0v) is 25.1. The van der Waals surface area contributed by atoms with Crippen LogP contribution in [0.25, 0.3) is 0 Å². The summed E-state index contributed by atoms with van der Waals surface area (Å²) in [5, 5.41) is 0.681. The van der Waals surface area contributed by atoms with Crippen molar-refractivity contribution in [1.82, 2.24) is 4.98 Å². The van der Waals surface area contributed by atoms with E-state index in [1.807, 2.05) is 120 Å². The van der Waals surface area contributed by atoms with Gasteiger partial charge in [-0.15, -0.1) is 0 Å². The quantitative estimate of drug-likeness (QED) is 0.335. The molecule has 0 amide bonds. The summed E-state index contributed by atoms with van der Waals surface area (Å²) >= 11 is 6.33. The van der Waals surface area contributed by atoms with Crippen LogP contribution in [0.3, 0.4) is 0 Å². The van der Waals surface area contributed by atoms with E-state index in [1.165, 1.54) is 0 Å². The molecule has 0 bridgehead atoms. The second kappa shape index (κ2) is 18.5. The summed E-state index contributed by atoms with van der Waals surface area (Å²) in [7, 11) is 0. The van der Waals surface area contributed by atoms with E-state index in [0.717, 1.165) is 34.7 Å². The summed E-state index contributed by atoms with van der Waals surface area (Å²) in [6, 6.07) is 13.6. The number of pyridine rings is 1. The molecule has 6 heteroatoms. The average Bonchev–Trinajstić information content (AvgIpc) is 3.83. The number of rotatable bonds is 4. The third-order valence-corrected chi connectivity index (χ3v) is 6.33. The van der Waals surface area contributed by atoms with E-state index in [0.29, 0.717) is 5.02 Å². The van der Waals surface area contributed by atoms with Crippen LogP contribution >= 0.6 is 11.6 Å². The van der Waals surface area contributed by atoms with E-state index >= 15 is 0 Å². The van der Waals surface area contributed by atoms with Crippen molar-refractivity contribution in [2.45, 2.75) is 6.04 Å². The molecule has 1 aromatic carbocycles. The molecule has 41 heavy (non-hydrogen) atoms. The smallest absolute Gasteiger partial charge is 0.282 e. The molecule has 7 rings (SSSR count). The zero-order chi connectivity index (χ0) is 26.7. The van der Waals surface area contributed by atoms with Crippen LogP contribution in [0.2, 0.25) is 5.02 Å². The fraction of sp³-hybridized carbons (Fsp3) is 0.0286. The number of nitrogens with zero attached hydrogens (tertiary/aromatic N) is 3. The first kappa shape index (κ1) is 34.4. The SMILES string of the molecule is Clc1cccc(C2=NC([C]3[CH][CH][CH][CH]3)C=C([C]3[CH][CH][CH][CH]3)N2c2ccccn2)c1.[CH]1[CH][CH][CH][CH]1.[CH]1[CH][CH][CH][CH]1.[Fe+2].[Fe+2]. The summed E-state index contributed by atoms with van der Waals surface area (Å²) < 4.78 is 0. The number of aromatic nitrogens is 1. The fourth-order valence-electron chi connectivity index (χ4n) is 4.28. The first-order valence-corrected chi connectivity index (χ1v) is 13.2. The molecule has 4 saturated carbocycles. The number of hydrogen-bond acceptors (Lipinski definition) is 3. The van der Waals surface area contributed by atoms with Crippen LogP contribution in [0.15, 0.2) is 65.4 Å². The molecule has 4 fully saturated rings. The minimum absolute atomic E-state index is 0. The number of allylic oxidation sites excluding steroid dienone is 1. The van der Waals surface area contributed by atoms with Gasteiger partial charge in [-0.3, -0.25) is 9.89 Å². The largest absolute Gasteiger partial charge is 2.00 e. The van der Waals surface area contributed by atoms with Gasteiger partial charge in [0.2, 0.25) is 0 Å². The summed E-state index contributed by atoms with van der Waals surface area (Å²) in [6.45, 7) is 0. The Hall–Kier alpha value is -1.09. The Morgan fingerprint density at radius 2 is 1.22 bits per heavy atom. The molecule has 0 spiro atoms. The van der Waals surface area contributed by atoms with Gasteiger partial charge < -0.3 is 0 Å². The van der Waals surface area contributed by atoms with Crippen LogP contribution in [0, 0.1) is 127 Å². The van der Waals surface area contributed by atoms with Crippen LogP contribution in [-0.2, 0) is 34.1 Å². The topological polar surface area (TPSA) is 28.5 Å². The molecule has 202 valence electrons. The molecule has 0 saturated heterocycles. The molecular formula is C35H28ClFe2N3+4. The van der Waals surface area contributed by atoms with Crippen LogP contribution in [-0.4, -0.2) is 16.9 Å². The summed E-state index contributed by atoms with van der Waals surface area (Å²) in [6.07, 6.45) is 40.7. The van der Waals surface area contributed by atoms with Crippen LogP contribution in [0.5, 0.6) is 0 Å². The van der Waals surface area contributed by atoms with Crippen molar-refractivity contribution >= 4 is 23.3 Å². The molecule has 20 radical (unpaired) electrons. The van der Waals surface area contributed by atoms with Gasteiger partial charge in [-0.05, 0) is 146 Å². The Labute approximate surface area is 275 Å². The second-order valence-electron chi connectivity index (χ2n) is 8.80. The Kier molecular flexibility index (Phi) is 15.6. The van der Waals surface area contributed by atoms with Gasteiger partial charge in [0.05, 0.1) is 6.04 Å². The van der Waals surface area contributed by atoms with E-state index in [-0.39, 0.29) is 40.2 Å². The van der Waals surface area contributed by atoms with Gasteiger partial charge in [0.25, 0.3) is 0 Å². The van der Waals surface area contributed by atoms with Gasteiger partial charge in [-0.2, -0.15) is 0 Å². The van der Waals surface area contributed by atoms with Crippen molar-refractivity contribution in [1.29, 1.82) is 0 Å². The number of aliphatic imine (C=N–C) groups is 1. The summed E-state index contributed by atoms with van der Waals surface area (Å²) in [5.74, 6) is 3.94.